The van der Waals surface area contributed by atoms with Crippen molar-refractivity contribution < 1.29 is 9.47 Å². The normalized spacial score (nSPS) is 15.9. The number of methoxy groups -OCH3 is 1. The molecule has 0 unspecified atom stereocenters. The summed E-state index contributed by atoms with van der Waals surface area (Å²) in [6, 6.07) is 1.89. The molecule has 132 valence electrons. The predicted octanol–water partition coefficient (Wildman–Crippen LogP) is 0.981. The highest BCUT2D eigenvalue weighted by atomic mass is 16.5. The third-order valence-electron chi connectivity index (χ3n) is 4.52. The van der Waals surface area contributed by atoms with E-state index in [1.807, 2.05) is 0 Å². The molecule has 0 amide bonds. The molecule has 4 rings (SSSR count). The van der Waals surface area contributed by atoms with Gasteiger partial charge in [-0.1, -0.05) is 0 Å². The first-order chi connectivity index (χ1) is 12.3. The fourth-order valence-electron chi connectivity index (χ4n) is 3.24. The van der Waals surface area contributed by atoms with E-state index in [9.17, 15) is 4.79 Å². The van der Waals surface area contributed by atoms with Gasteiger partial charge in [-0.2, -0.15) is 5.10 Å². The monoisotopic (exact) mass is 344 g/mol. The van der Waals surface area contributed by atoms with Crippen molar-refractivity contribution in [2.75, 3.05) is 26.9 Å². The van der Waals surface area contributed by atoms with Gasteiger partial charge in [-0.25, -0.2) is 14.8 Å². The van der Waals surface area contributed by atoms with Crippen LogP contribution in [0, 0.1) is 0 Å². The van der Waals surface area contributed by atoms with Gasteiger partial charge in [0.25, 0.3) is 0 Å². The Morgan fingerprint density at radius 3 is 2.96 bits per heavy atom. The summed E-state index contributed by atoms with van der Waals surface area (Å²) in [7, 11) is 1.62. The molecule has 25 heavy (non-hydrogen) atoms. The fraction of sp³-hybridized carbons (Fsp3) is 0.500. The lowest BCUT2D eigenvalue weighted by molar-refractivity contribution is 0.0693. The minimum Gasteiger partial charge on any atom is -0.383 e. The molecular formula is C16H20N6O3. The maximum Gasteiger partial charge on any atom is 0.330 e. The minimum absolute atomic E-state index is 0.0741. The van der Waals surface area contributed by atoms with E-state index in [4.69, 9.17) is 9.47 Å². The minimum atomic E-state index is -0.0741. The fourth-order valence-corrected chi connectivity index (χ4v) is 3.24. The summed E-state index contributed by atoms with van der Waals surface area (Å²) < 4.78 is 14.1. The topological polar surface area (TPSA) is 99.9 Å². The molecule has 9 heteroatoms. The first kappa shape index (κ1) is 16.0. The van der Waals surface area contributed by atoms with E-state index in [-0.39, 0.29) is 11.7 Å². The van der Waals surface area contributed by atoms with Crippen molar-refractivity contribution in [1.29, 1.82) is 0 Å². The smallest absolute Gasteiger partial charge is 0.330 e. The Morgan fingerprint density at radius 1 is 1.40 bits per heavy atom. The van der Waals surface area contributed by atoms with E-state index in [2.05, 4.69) is 20.2 Å². The van der Waals surface area contributed by atoms with E-state index < -0.39 is 0 Å². The third kappa shape index (κ3) is 2.85. The van der Waals surface area contributed by atoms with E-state index in [1.54, 1.807) is 34.7 Å². The highest BCUT2D eigenvalue weighted by Crippen LogP contribution is 2.24. The Morgan fingerprint density at radius 2 is 2.24 bits per heavy atom. The SMILES string of the molecule is COCCn1c(=O)n(C2CCOCC2)c2nc(-c3ccn[nH]3)ncc21. The van der Waals surface area contributed by atoms with Crippen molar-refractivity contribution in [3.8, 4) is 11.5 Å². The highest BCUT2D eigenvalue weighted by molar-refractivity contribution is 5.73. The molecule has 3 aromatic heterocycles. The van der Waals surface area contributed by atoms with Gasteiger partial charge < -0.3 is 9.47 Å². The molecule has 1 saturated heterocycles. The maximum atomic E-state index is 13.0. The van der Waals surface area contributed by atoms with E-state index in [1.165, 1.54) is 0 Å². The second-order valence-electron chi connectivity index (χ2n) is 6.01. The van der Waals surface area contributed by atoms with Gasteiger partial charge in [-0.15, -0.1) is 0 Å². The van der Waals surface area contributed by atoms with Crippen LogP contribution in [0.3, 0.4) is 0 Å². The Kier molecular flexibility index (Phi) is 4.33. The summed E-state index contributed by atoms with van der Waals surface area (Å²) in [6.07, 6.45) is 4.95. The summed E-state index contributed by atoms with van der Waals surface area (Å²) in [6.45, 7) is 2.23. The standard InChI is InChI=1S/C16H20N6O3/c1-24-9-6-21-13-10-17-14(12-2-5-18-20-12)19-15(13)22(16(21)23)11-3-7-25-8-4-11/h2,5,10-11H,3-4,6-9H2,1H3,(H,18,20). The molecule has 1 aliphatic heterocycles. The van der Waals surface area contributed by atoms with Crippen LogP contribution in [-0.2, 0) is 16.0 Å². The molecule has 9 nitrogen and oxygen atoms in total. The average Bonchev–Trinajstić information content (AvgIpc) is 3.26. The number of fused-ring (bicyclic) bond motifs is 1. The summed E-state index contributed by atoms with van der Waals surface area (Å²) in [5.74, 6) is 0.523. The molecule has 3 aromatic rings. The molecule has 4 heterocycles. The van der Waals surface area contributed by atoms with Gasteiger partial charge in [0.1, 0.15) is 11.2 Å². The van der Waals surface area contributed by atoms with E-state index in [0.29, 0.717) is 37.8 Å². The molecule has 0 radical (unpaired) electrons. The van der Waals surface area contributed by atoms with Gasteiger partial charge in [-0.3, -0.25) is 14.2 Å². The number of ether oxygens (including phenoxy) is 2. The van der Waals surface area contributed by atoms with Crippen LogP contribution >= 0.6 is 0 Å². The lowest BCUT2D eigenvalue weighted by atomic mass is 10.1. The molecule has 1 fully saturated rings. The number of hydrogen-bond acceptors (Lipinski definition) is 6. The number of imidazole rings is 1. The van der Waals surface area contributed by atoms with Crippen molar-refractivity contribution >= 4 is 11.2 Å². The number of aromatic nitrogens is 6. The zero-order valence-electron chi connectivity index (χ0n) is 14.0. The quantitative estimate of drug-likeness (QED) is 0.741. The molecule has 1 aliphatic rings. The van der Waals surface area contributed by atoms with Crippen molar-refractivity contribution in [1.82, 2.24) is 29.3 Å². The number of H-pyrrole nitrogens is 1. The molecular weight excluding hydrogens is 324 g/mol. The van der Waals surface area contributed by atoms with Crippen molar-refractivity contribution in [3.05, 3.63) is 28.9 Å². The Bertz CT molecular complexity index is 908. The third-order valence-corrected chi connectivity index (χ3v) is 4.52. The zero-order valence-corrected chi connectivity index (χ0v) is 14.0. The second-order valence-corrected chi connectivity index (χ2v) is 6.01. The summed E-state index contributed by atoms with van der Waals surface area (Å²) in [5.41, 5.74) is 2.01. The Labute approximate surface area is 143 Å². The van der Waals surface area contributed by atoms with E-state index in [0.717, 1.165) is 24.1 Å². The number of nitrogens with one attached hydrogen (secondary N) is 1. The van der Waals surface area contributed by atoms with Crippen LogP contribution in [0.5, 0.6) is 0 Å². The van der Waals surface area contributed by atoms with Crippen LogP contribution in [0.1, 0.15) is 18.9 Å². The van der Waals surface area contributed by atoms with Crippen LogP contribution in [0.2, 0.25) is 0 Å². The Balaban J connectivity index is 1.88. The van der Waals surface area contributed by atoms with Crippen LogP contribution in [-0.4, -0.2) is 56.2 Å². The molecule has 0 aliphatic carbocycles. The molecule has 0 bridgehead atoms. The molecule has 0 saturated carbocycles. The summed E-state index contributed by atoms with van der Waals surface area (Å²) in [4.78, 5) is 22.1. The lowest BCUT2D eigenvalue weighted by Crippen LogP contribution is -2.31. The second kappa shape index (κ2) is 6.77. The van der Waals surface area contributed by atoms with Gasteiger partial charge in [0.05, 0.1) is 19.3 Å². The molecule has 1 N–H and O–H groups in total. The number of hydrogen-bond donors (Lipinski definition) is 1. The van der Waals surface area contributed by atoms with Crippen LogP contribution < -0.4 is 5.69 Å². The number of aromatic amines is 1. The van der Waals surface area contributed by atoms with Gasteiger partial charge in [0.2, 0.25) is 0 Å². The largest absolute Gasteiger partial charge is 0.383 e. The first-order valence-electron chi connectivity index (χ1n) is 8.34. The first-order valence-corrected chi connectivity index (χ1v) is 8.34. The van der Waals surface area contributed by atoms with Crippen molar-refractivity contribution in [3.63, 3.8) is 0 Å². The average molecular weight is 344 g/mol. The summed E-state index contributed by atoms with van der Waals surface area (Å²) in [5, 5.41) is 6.81. The number of nitrogens with zero attached hydrogens (tertiary/aromatic N) is 5. The predicted molar refractivity (Wildman–Crippen MR) is 90.3 cm³/mol. The van der Waals surface area contributed by atoms with Gasteiger partial charge in [-0.05, 0) is 18.9 Å². The molecule has 0 atom stereocenters. The molecule has 0 spiro atoms. The van der Waals surface area contributed by atoms with Crippen molar-refractivity contribution in [2.45, 2.75) is 25.4 Å². The van der Waals surface area contributed by atoms with Crippen LogP contribution in [0.15, 0.2) is 23.3 Å². The summed E-state index contributed by atoms with van der Waals surface area (Å²) >= 11 is 0. The van der Waals surface area contributed by atoms with Gasteiger partial charge in [0.15, 0.2) is 11.5 Å². The maximum absolute atomic E-state index is 13.0. The van der Waals surface area contributed by atoms with Gasteiger partial charge in [0, 0.05) is 32.6 Å². The van der Waals surface area contributed by atoms with E-state index >= 15 is 0 Å². The van der Waals surface area contributed by atoms with Gasteiger partial charge >= 0.3 is 5.69 Å². The highest BCUT2D eigenvalue weighted by Gasteiger charge is 2.24. The van der Waals surface area contributed by atoms with Crippen LogP contribution in [0.4, 0.5) is 0 Å². The van der Waals surface area contributed by atoms with Crippen molar-refractivity contribution in [2.24, 2.45) is 0 Å². The number of rotatable bonds is 5. The Hall–Kier alpha value is -2.52. The van der Waals surface area contributed by atoms with Crippen LogP contribution in [0.25, 0.3) is 22.7 Å². The molecule has 0 aromatic carbocycles. The zero-order chi connectivity index (χ0) is 17.2. The lowest BCUT2D eigenvalue weighted by Gasteiger charge is -2.22.